The molecule has 2 atom stereocenters. The molecule has 0 bridgehead atoms. The summed E-state index contributed by atoms with van der Waals surface area (Å²) in [4.78, 5) is 39.4. The van der Waals surface area contributed by atoms with Gasteiger partial charge in [0.25, 0.3) is 11.4 Å². The standard InChI is InChI=1S/C23H24Cl2N4O5/c1-26(22(30)11-15-10-18(24)19(25)13-21(15)29(33)34)23-17-12-16(28(31)32)6-4-14(17)5-7-20(23)27-8-2-3-9-27/h4,6,10,12-13,20,23H,2-3,5,7-9,11H2,1H3. The number of nitro groups is 2. The number of likely N-dealkylation sites (tertiary alicyclic amines) is 1. The molecule has 1 aliphatic heterocycles. The Hall–Kier alpha value is -2.75. The number of nitro benzene ring substituents is 2. The van der Waals surface area contributed by atoms with Crippen molar-refractivity contribution in [3.8, 4) is 0 Å². The molecule has 34 heavy (non-hydrogen) atoms. The minimum Gasteiger partial charge on any atom is -0.337 e. The van der Waals surface area contributed by atoms with E-state index in [1.807, 2.05) is 0 Å². The zero-order valence-corrected chi connectivity index (χ0v) is 20.1. The van der Waals surface area contributed by atoms with Gasteiger partial charge in [-0.2, -0.15) is 0 Å². The Labute approximate surface area is 206 Å². The average molecular weight is 507 g/mol. The lowest BCUT2D eigenvalue weighted by Crippen LogP contribution is -2.48. The molecule has 0 radical (unpaired) electrons. The summed E-state index contributed by atoms with van der Waals surface area (Å²) in [6.07, 6.45) is 3.48. The van der Waals surface area contributed by atoms with Gasteiger partial charge in [0.1, 0.15) is 0 Å². The third-order valence-electron chi connectivity index (χ3n) is 6.81. The molecule has 2 aromatic carbocycles. The number of hydrogen-bond acceptors (Lipinski definition) is 6. The molecule has 4 rings (SSSR count). The molecule has 0 spiro atoms. The van der Waals surface area contributed by atoms with Gasteiger partial charge in [-0.05, 0) is 56.0 Å². The zero-order valence-electron chi connectivity index (χ0n) is 18.6. The van der Waals surface area contributed by atoms with E-state index in [0.717, 1.165) is 56.0 Å². The first-order valence-corrected chi connectivity index (χ1v) is 11.8. The Bertz CT molecular complexity index is 1150. The molecule has 2 aliphatic rings. The lowest BCUT2D eigenvalue weighted by Gasteiger charge is -2.43. The predicted octanol–water partition coefficient (Wildman–Crippen LogP) is 4.96. The van der Waals surface area contributed by atoms with Crippen LogP contribution in [0.1, 0.15) is 42.0 Å². The minimum atomic E-state index is -0.586. The fraction of sp³-hybridized carbons (Fsp3) is 0.435. The Balaban J connectivity index is 1.71. The van der Waals surface area contributed by atoms with Crippen LogP contribution in [0, 0.1) is 20.2 Å². The van der Waals surface area contributed by atoms with Crippen molar-refractivity contribution < 1.29 is 14.6 Å². The Kier molecular flexibility index (Phi) is 7.06. The highest BCUT2D eigenvalue weighted by Gasteiger charge is 2.39. The van der Waals surface area contributed by atoms with E-state index in [4.69, 9.17) is 23.2 Å². The molecule has 0 saturated carbocycles. The molecule has 180 valence electrons. The first kappa shape index (κ1) is 24.4. The van der Waals surface area contributed by atoms with Gasteiger partial charge in [-0.15, -0.1) is 0 Å². The third-order valence-corrected chi connectivity index (χ3v) is 7.54. The molecule has 11 heteroatoms. The van der Waals surface area contributed by atoms with Crippen LogP contribution in [0.4, 0.5) is 11.4 Å². The number of fused-ring (bicyclic) bond motifs is 1. The van der Waals surface area contributed by atoms with E-state index in [2.05, 4.69) is 4.90 Å². The largest absolute Gasteiger partial charge is 0.337 e. The summed E-state index contributed by atoms with van der Waals surface area (Å²) in [5, 5.41) is 23.2. The minimum absolute atomic E-state index is 0.00902. The van der Waals surface area contributed by atoms with Gasteiger partial charge < -0.3 is 4.90 Å². The topological polar surface area (TPSA) is 110 Å². The quantitative estimate of drug-likeness (QED) is 0.404. The lowest BCUT2D eigenvalue weighted by atomic mass is 9.82. The number of carbonyl (C=O) groups is 1. The number of carbonyl (C=O) groups excluding carboxylic acids is 1. The maximum Gasteiger partial charge on any atom is 0.274 e. The van der Waals surface area contributed by atoms with E-state index >= 15 is 0 Å². The summed E-state index contributed by atoms with van der Waals surface area (Å²) in [6.45, 7) is 1.82. The second-order valence-electron chi connectivity index (χ2n) is 8.77. The number of aryl methyl sites for hydroxylation is 1. The second-order valence-corrected chi connectivity index (χ2v) is 9.58. The first-order chi connectivity index (χ1) is 16.2. The number of nitrogens with zero attached hydrogens (tertiary/aromatic N) is 4. The van der Waals surface area contributed by atoms with Crippen molar-refractivity contribution in [3.05, 3.63) is 77.3 Å². The van der Waals surface area contributed by atoms with E-state index in [-0.39, 0.29) is 45.4 Å². The normalized spacial score (nSPS) is 20.1. The van der Waals surface area contributed by atoms with Crippen molar-refractivity contribution >= 4 is 40.5 Å². The summed E-state index contributed by atoms with van der Waals surface area (Å²) in [5.74, 6) is -0.338. The van der Waals surface area contributed by atoms with Gasteiger partial charge in [-0.25, -0.2) is 0 Å². The van der Waals surface area contributed by atoms with Crippen LogP contribution in [0.25, 0.3) is 0 Å². The number of benzene rings is 2. The first-order valence-electron chi connectivity index (χ1n) is 11.1. The van der Waals surface area contributed by atoms with Gasteiger partial charge in [-0.3, -0.25) is 29.9 Å². The van der Waals surface area contributed by atoms with Gasteiger partial charge in [-0.1, -0.05) is 29.3 Å². The number of likely N-dealkylation sites (N-methyl/N-ethyl adjacent to an activating group) is 1. The maximum absolute atomic E-state index is 13.4. The van der Waals surface area contributed by atoms with Crippen LogP contribution in [0.2, 0.25) is 10.0 Å². The summed E-state index contributed by atoms with van der Waals surface area (Å²) in [7, 11) is 1.66. The van der Waals surface area contributed by atoms with Crippen LogP contribution < -0.4 is 0 Å². The van der Waals surface area contributed by atoms with Crippen molar-refractivity contribution in [2.75, 3.05) is 20.1 Å². The molecule has 0 aromatic heterocycles. The second kappa shape index (κ2) is 9.85. The molecule has 0 N–H and O–H groups in total. The fourth-order valence-corrected chi connectivity index (χ4v) is 5.47. The Morgan fingerprint density at radius 2 is 1.76 bits per heavy atom. The van der Waals surface area contributed by atoms with Crippen LogP contribution in [0.15, 0.2) is 30.3 Å². The van der Waals surface area contributed by atoms with E-state index in [9.17, 15) is 25.0 Å². The van der Waals surface area contributed by atoms with Crippen molar-refractivity contribution in [2.24, 2.45) is 0 Å². The van der Waals surface area contributed by atoms with Gasteiger partial charge in [0.2, 0.25) is 5.91 Å². The molecular formula is C23H24Cl2N4O5. The Morgan fingerprint density at radius 1 is 1.09 bits per heavy atom. The van der Waals surface area contributed by atoms with E-state index < -0.39 is 15.9 Å². The predicted molar refractivity (Wildman–Crippen MR) is 128 cm³/mol. The van der Waals surface area contributed by atoms with Crippen LogP contribution in [-0.4, -0.2) is 51.7 Å². The van der Waals surface area contributed by atoms with E-state index in [0.29, 0.717) is 0 Å². The SMILES string of the molecule is CN(C(=O)Cc1cc(Cl)c(Cl)cc1[N+](=O)[O-])C1c2cc([N+](=O)[O-])ccc2CCC1N1CCCC1. The van der Waals surface area contributed by atoms with E-state index in [1.165, 1.54) is 12.1 Å². The van der Waals surface area contributed by atoms with Gasteiger partial charge >= 0.3 is 0 Å². The smallest absolute Gasteiger partial charge is 0.274 e. The molecule has 1 heterocycles. The number of halogens is 2. The van der Waals surface area contributed by atoms with Crippen LogP contribution in [0.3, 0.4) is 0 Å². The van der Waals surface area contributed by atoms with Crippen molar-refractivity contribution in [1.82, 2.24) is 9.80 Å². The van der Waals surface area contributed by atoms with Crippen LogP contribution >= 0.6 is 23.2 Å². The van der Waals surface area contributed by atoms with Crippen molar-refractivity contribution in [3.63, 3.8) is 0 Å². The molecule has 1 aliphatic carbocycles. The molecular weight excluding hydrogens is 483 g/mol. The maximum atomic E-state index is 13.4. The monoisotopic (exact) mass is 506 g/mol. The molecule has 2 aromatic rings. The van der Waals surface area contributed by atoms with Crippen molar-refractivity contribution in [2.45, 2.75) is 44.2 Å². The van der Waals surface area contributed by atoms with E-state index in [1.54, 1.807) is 24.1 Å². The molecule has 1 saturated heterocycles. The molecule has 9 nitrogen and oxygen atoms in total. The highest BCUT2D eigenvalue weighted by atomic mass is 35.5. The summed E-state index contributed by atoms with van der Waals surface area (Å²) in [5.41, 5.74) is 1.62. The van der Waals surface area contributed by atoms with Gasteiger partial charge in [0, 0.05) is 36.9 Å². The highest BCUT2D eigenvalue weighted by Crippen LogP contribution is 2.40. The summed E-state index contributed by atoms with van der Waals surface area (Å²) >= 11 is 12.0. The summed E-state index contributed by atoms with van der Waals surface area (Å²) in [6, 6.07) is 6.93. The number of rotatable bonds is 6. The molecule has 2 unspecified atom stereocenters. The highest BCUT2D eigenvalue weighted by molar-refractivity contribution is 6.42. The number of amides is 1. The lowest BCUT2D eigenvalue weighted by molar-refractivity contribution is -0.385. The number of hydrogen-bond donors (Lipinski definition) is 0. The van der Waals surface area contributed by atoms with Crippen molar-refractivity contribution in [1.29, 1.82) is 0 Å². The number of non-ortho nitro benzene ring substituents is 1. The fourth-order valence-electron chi connectivity index (χ4n) is 5.12. The third kappa shape index (κ3) is 4.73. The molecule has 1 fully saturated rings. The average Bonchev–Trinajstić information content (AvgIpc) is 3.34. The van der Waals surface area contributed by atoms with Crippen LogP contribution in [0.5, 0.6) is 0 Å². The van der Waals surface area contributed by atoms with Gasteiger partial charge in [0.05, 0.1) is 32.4 Å². The van der Waals surface area contributed by atoms with Crippen LogP contribution in [-0.2, 0) is 17.6 Å². The summed E-state index contributed by atoms with van der Waals surface area (Å²) < 4.78 is 0. The Morgan fingerprint density at radius 3 is 2.41 bits per heavy atom. The van der Waals surface area contributed by atoms with Gasteiger partial charge in [0.15, 0.2) is 0 Å². The molecule has 1 amide bonds. The zero-order chi connectivity index (χ0) is 24.6.